The van der Waals surface area contributed by atoms with Gasteiger partial charge in [-0.3, -0.25) is 0 Å². The molecule has 2 fully saturated rings. The van der Waals surface area contributed by atoms with Crippen LogP contribution in [0.1, 0.15) is 57.8 Å². The van der Waals surface area contributed by atoms with E-state index >= 15 is 0 Å². The van der Waals surface area contributed by atoms with Crippen LogP contribution in [0.4, 0.5) is 0 Å². The largest absolute Gasteiger partial charge is 0.478 e. The highest BCUT2D eigenvalue weighted by molar-refractivity contribution is 5.79. The first kappa shape index (κ1) is 23.3. The second-order valence-corrected chi connectivity index (χ2v) is 6.67. The van der Waals surface area contributed by atoms with Crippen LogP contribution in [0.3, 0.4) is 0 Å². The summed E-state index contributed by atoms with van der Waals surface area (Å²) < 4.78 is 0. The van der Waals surface area contributed by atoms with Gasteiger partial charge in [0.05, 0.1) is 12.2 Å². The molecule has 0 aromatic rings. The molecule has 144 valence electrons. The van der Waals surface area contributed by atoms with Crippen LogP contribution < -0.4 is 0 Å². The zero-order chi connectivity index (χ0) is 19.2. The third kappa shape index (κ3) is 13.3. The lowest BCUT2D eigenvalue weighted by Gasteiger charge is -2.31. The maximum atomic E-state index is 9.43. The molecule has 0 radical (unpaired) electrons. The van der Waals surface area contributed by atoms with E-state index in [1.54, 1.807) is 0 Å². The highest BCUT2D eigenvalue weighted by atomic mass is 16.4. The standard InChI is InChI=1S/C13H24O2.2C3H4O2/c14-12-5-1-10(2-6-12)9-11-3-7-13(15)8-4-11;2*1-2-3(4)5/h10-15H,1-9H2;2*2H,1H2,(H,4,5). The Balaban J connectivity index is 0.000000480. The maximum Gasteiger partial charge on any atom is 0.327 e. The average Bonchev–Trinajstić information content (AvgIpc) is 2.60. The van der Waals surface area contributed by atoms with Crippen molar-refractivity contribution in [2.24, 2.45) is 11.8 Å². The van der Waals surface area contributed by atoms with Crippen molar-refractivity contribution in [1.82, 2.24) is 0 Å². The van der Waals surface area contributed by atoms with E-state index in [0.29, 0.717) is 0 Å². The fourth-order valence-corrected chi connectivity index (χ4v) is 3.23. The summed E-state index contributed by atoms with van der Waals surface area (Å²) in [6.45, 7) is 5.92. The average molecular weight is 356 g/mol. The zero-order valence-corrected chi connectivity index (χ0v) is 14.8. The summed E-state index contributed by atoms with van der Waals surface area (Å²) in [6.07, 6.45) is 11.9. The molecule has 0 unspecified atom stereocenters. The molecule has 0 atom stereocenters. The van der Waals surface area contributed by atoms with E-state index in [2.05, 4.69) is 13.2 Å². The second kappa shape index (κ2) is 13.6. The summed E-state index contributed by atoms with van der Waals surface area (Å²) in [7, 11) is 0. The second-order valence-electron chi connectivity index (χ2n) is 6.67. The van der Waals surface area contributed by atoms with Crippen molar-refractivity contribution >= 4 is 11.9 Å². The van der Waals surface area contributed by atoms with Gasteiger partial charge in [-0.15, -0.1) is 0 Å². The third-order valence-corrected chi connectivity index (χ3v) is 4.65. The van der Waals surface area contributed by atoms with Gasteiger partial charge in [-0.2, -0.15) is 0 Å². The van der Waals surface area contributed by atoms with Crippen LogP contribution in [0.15, 0.2) is 25.3 Å². The molecule has 2 rings (SSSR count). The summed E-state index contributed by atoms with van der Waals surface area (Å²) in [5.74, 6) is -0.253. The Labute approximate surface area is 149 Å². The molecule has 0 heterocycles. The Morgan fingerprint density at radius 1 is 0.720 bits per heavy atom. The number of hydrogen-bond acceptors (Lipinski definition) is 4. The molecule has 2 saturated carbocycles. The fraction of sp³-hybridized carbons (Fsp3) is 0.684. The molecule has 0 aromatic heterocycles. The molecule has 6 nitrogen and oxygen atoms in total. The maximum absolute atomic E-state index is 9.43. The molecule has 0 aliphatic heterocycles. The number of aliphatic hydroxyl groups excluding tert-OH is 2. The van der Waals surface area contributed by atoms with Crippen molar-refractivity contribution < 1.29 is 30.0 Å². The van der Waals surface area contributed by atoms with Crippen LogP contribution in [0.2, 0.25) is 0 Å². The predicted molar refractivity (Wildman–Crippen MR) is 96.2 cm³/mol. The van der Waals surface area contributed by atoms with E-state index in [-0.39, 0.29) is 12.2 Å². The van der Waals surface area contributed by atoms with E-state index in [1.807, 2.05) is 0 Å². The Bertz CT molecular complexity index is 366. The van der Waals surface area contributed by atoms with E-state index in [9.17, 15) is 19.8 Å². The van der Waals surface area contributed by atoms with Crippen molar-refractivity contribution in [3.8, 4) is 0 Å². The quantitative estimate of drug-likeness (QED) is 0.576. The van der Waals surface area contributed by atoms with Crippen LogP contribution >= 0.6 is 0 Å². The summed E-state index contributed by atoms with van der Waals surface area (Å²) in [4.78, 5) is 18.5. The van der Waals surface area contributed by atoms with Crippen molar-refractivity contribution in [2.45, 2.75) is 70.0 Å². The number of carboxylic acids is 2. The molecule has 6 heteroatoms. The normalized spacial score (nSPS) is 28.2. The summed E-state index contributed by atoms with van der Waals surface area (Å²) in [5, 5.41) is 34.1. The van der Waals surface area contributed by atoms with Crippen LogP contribution in [-0.2, 0) is 9.59 Å². The minimum absolute atomic E-state index is 0.0190. The van der Waals surface area contributed by atoms with Gasteiger partial charge in [-0.1, -0.05) is 13.2 Å². The smallest absolute Gasteiger partial charge is 0.327 e. The van der Waals surface area contributed by atoms with Gasteiger partial charge in [0.15, 0.2) is 0 Å². The minimum atomic E-state index is -0.981. The summed E-state index contributed by atoms with van der Waals surface area (Å²) in [5.41, 5.74) is 0. The van der Waals surface area contributed by atoms with Gasteiger partial charge >= 0.3 is 11.9 Å². The van der Waals surface area contributed by atoms with Crippen molar-refractivity contribution in [3.05, 3.63) is 25.3 Å². The van der Waals surface area contributed by atoms with Gasteiger partial charge in [0.1, 0.15) is 0 Å². The monoisotopic (exact) mass is 356 g/mol. The summed E-state index contributed by atoms with van der Waals surface area (Å²) in [6, 6.07) is 0. The van der Waals surface area contributed by atoms with Gasteiger partial charge in [0, 0.05) is 12.2 Å². The molecule has 4 N–H and O–H groups in total. The van der Waals surface area contributed by atoms with E-state index < -0.39 is 11.9 Å². The molecular weight excluding hydrogens is 324 g/mol. The van der Waals surface area contributed by atoms with Crippen molar-refractivity contribution in [3.63, 3.8) is 0 Å². The predicted octanol–water partition coefficient (Wildman–Crippen LogP) is 2.99. The van der Waals surface area contributed by atoms with Crippen molar-refractivity contribution in [2.75, 3.05) is 0 Å². The van der Waals surface area contributed by atoms with Crippen LogP contribution in [0, 0.1) is 11.8 Å². The number of rotatable bonds is 4. The third-order valence-electron chi connectivity index (χ3n) is 4.65. The van der Waals surface area contributed by atoms with Gasteiger partial charge in [0.25, 0.3) is 0 Å². The molecule has 0 aromatic carbocycles. The molecular formula is C19H32O6. The molecule has 25 heavy (non-hydrogen) atoms. The zero-order valence-electron chi connectivity index (χ0n) is 14.8. The number of hydrogen-bond donors (Lipinski definition) is 4. The lowest BCUT2D eigenvalue weighted by molar-refractivity contribution is -0.132. The van der Waals surface area contributed by atoms with Crippen molar-refractivity contribution in [1.29, 1.82) is 0 Å². The van der Waals surface area contributed by atoms with E-state index in [4.69, 9.17) is 10.2 Å². The highest BCUT2D eigenvalue weighted by Gasteiger charge is 2.25. The Kier molecular flexibility index (Phi) is 12.7. The number of aliphatic carboxylic acids is 2. The molecule has 0 saturated heterocycles. The Morgan fingerprint density at radius 3 is 1.16 bits per heavy atom. The van der Waals surface area contributed by atoms with Gasteiger partial charge < -0.3 is 20.4 Å². The first-order valence-corrected chi connectivity index (χ1v) is 8.85. The topological polar surface area (TPSA) is 115 Å². The van der Waals surface area contributed by atoms with Crippen LogP contribution in [0.25, 0.3) is 0 Å². The molecule has 0 bridgehead atoms. The lowest BCUT2D eigenvalue weighted by Crippen LogP contribution is -2.23. The fourth-order valence-electron chi connectivity index (χ4n) is 3.23. The highest BCUT2D eigenvalue weighted by Crippen LogP contribution is 2.35. The molecule has 0 spiro atoms. The lowest BCUT2D eigenvalue weighted by atomic mass is 9.76. The first-order valence-electron chi connectivity index (χ1n) is 8.85. The number of carboxylic acid groups (broad SMARTS) is 2. The van der Waals surface area contributed by atoms with Gasteiger partial charge in [-0.25, -0.2) is 9.59 Å². The Hall–Kier alpha value is -1.66. The minimum Gasteiger partial charge on any atom is -0.478 e. The van der Waals surface area contributed by atoms with E-state index in [1.165, 1.54) is 32.1 Å². The molecule has 2 aliphatic rings. The van der Waals surface area contributed by atoms with Crippen LogP contribution in [-0.4, -0.2) is 44.6 Å². The molecule has 2 aliphatic carbocycles. The number of aliphatic hydroxyl groups is 2. The SMILES string of the molecule is C=CC(=O)O.C=CC(=O)O.OC1CCC(CC2CCC(O)CC2)CC1. The number of carbonyl (C=O) groups is 2. The van der Waals surface area contributed by atoms with Crippen LogP contribution in [0.5, 0.6) is 0 Å². The first-order chi connectivity index (χ1) is 11.8. The molecule has 0 amide bonds. The van der Waals surface area contributed by atoms with Gasteiger partial charge in [0.2, 0.25) is 0 Å². The summed E-state index contributed by atoms with van der Waals surface area (Å²) >= 11 is 0. The van der Waals surface area contributed by atoms with E-state index in [0.717, 1.165) is 49.7 Å². The Morgan fingerprint density at radius 2 is 0.960 bits per heavy atom. The van der Waals surface area contributed by atoms with Gasteiger partial charge in [-0.05, 0) is 69.6 Å².